The Bertz CT molecular complexity index is 883. The Hall–Kier alpha value is -2.46. The van der Waals surface area contributed by atoms with E-state index in [-0.39, 0.29) is 23.2 Å². The van der Waals surface area contributed by atoms with Crippen LogP contribution in [0.15, 0.2) is 23.1 Å². The van der Waals surface area contributed by atoms with E-state index in [1.54, 1.807) is 24.9 Å². The number of hydrogen-bond acceptors (Lipinski definition) is 5. The molecule has 0 spiro atoms. The number of thioether (sulfide) groups is 1. The summed E-state index contributed by atoms with van der Waals surface area (Å²) in [5, 5.41) is 20.6. The smallest absolute Gasteiger partial charge is 0.231 e. The maximum atomic E-state index is 12.3. The first-order chi connectivity index (χ1) is 12.3. The summed E-state index contributed by atoms with van der Waals surface area (Å²) in [6, 6.07) is 7.71. The highest BCUT2D eigenvalue weighted by Crippen LogP contribution is 2.53. The van der Waals surface area contributed by atoms with E-state index in [0.29, 0.717) is 12.0 Å². The van der Waals surface area contributed by atoms with Gasteiger partial charge >= 0.3 is 0 Å². The number of rotatable bonds is 1. The Morgan fingerprint density at radius 3 is 2.96 bits per heavy atom. The molecule has 1 aromatic rings. The lowest BCUT2D eigenvalue weighted by atomic mass is 9.85. The zero-order valence-corrected chi connectivity index (χ0v) is 15.7. The number of nitrogens with zero attached hydrogens (tertiary/aromatic N) is 2. The molecule has 1 aromatic carbocycles. The highest BCUT2D eigenvalue weighted by molar-refractivity contribution is 8.04. The number of hydrogen-bond donors (Lipinski definition) is 2. The van der Waals surface area contributed by atoms with Gasteiger partial charge in [0.1, 0.15) is 11.9 Å². The molecule has 26 heavy (non-hydrogen) atoms. The highest BCUT2D eigenvalue weighted by atomic mass is 32.2. The van der Waals surface area contributed by atoms with Crippen LogP contribution in [-0.2, 0) is 4.79 Å². The predicted molar refractivity (Wildman–Crippen MR) is 101 cm³/mol. The second-order valence-corrected chi connectivity index (χ2v) is 8.50. The van der Waals surface area contributed by atoms with Crippen LogP contribution < -0.4 is 10.1 Å². The van der Waals surface area contributed by atoms with Crippen LogP contribution in [-0.4, -0.2) is 40.7 Å². The summed E-state index contributed by atoms with van der Waals surface area (Å²) in [6.45, 7) is 4.05. The maximum absolute atomic E-state index is 12.3. The van der Waals surface area contributed by atoms with Gasteiger partial charge in [0.25, 0.3) is 0 Å². The van der Waals surface area contributed by atoms with E-state index < -0.39 is 5.54 Å². The maximum Gasteiger partial charge on any atom is 0.231 e. The Kier molecular flexibility index (Phi) is 3.77. The van der Waals surface area contributed by atoms with Crippen molar-refractivity contribution in [1.29, 1.82) is 10.7 Å². The minimum Gasteiger partial charge on any atom is -0.485 e. The van der Waals surface area contributed by atoms with E-state index in [0.717, 1.165) is 17.7 Å². The molecule has 3 aliphatic heterocycles. The molecule has 2 N–H and O–H groups in total. The standard InChI is InChI=1S/C19H20N4O2S/c1-10-17-13(12-6-11(9-20)4-5-14(12)25-10)7-15(26-17)19(2)8-16(24)23(3)18(21)22-19/h4-6,10,15H,7-8H2,1-3H3,(H2,21,22)/t10?,15?,19-/m0/s1. The summed E-state index contributed by atoms with van der Waals surface area (Å²) in [6.07, 6.45) is 1.08. The second-order valence-electron chi connectivity index (χ2n) is 7.26. The van der Waals surface area contributed by atoms with E-state index in [1.165, 1.54) is 15.4 Å². The molecular formula is C19H20N4O2S. The minimum absolute atomic E-state index is 0.0433. The van der Waals surface area contributed by atoms with E-state index in [2.05, 4.69) is 11.4 Å². The van der Waals surface area contributed by atoms with Crippen LogP contribution in [0.25, 0.3) is 5.57 Å². The molecule has 1 saturated heterocycles. The number of nitrogens with one attached hydrogen (secondary N) is 2. The lowest BCUT2D eigenvalue weighted by Gasteiger charge is -2.42. The first-order valence-electron chi connectivity index (χ1n) is 8.56. The third kappa shape index (κ3) is 2.48. The number of nitriles is 1. The SMILES string of the molecule is CC1Oc2ccc(C#N)cc2C2=C1SC([C@]1(C)CC(=O)N(C)C(=N)N1)C2. The molecule has 2 unspecified atom stereocenters. The molecule has 6 nitrogen and oxygen atoms in total. The predicted octanol–water partition coefficient (Wildman–Crippen LogP) is 2.70. The first-order valence-corrected chi connectivity index (χ1v) is 9.44. The topological polar surface area (TPSA) is 89.2 Å². The quantitative estimate of drug-likeness (QED) is 0.795. The van der Waals surface area contributed by atoms with Crippen LogP contribution in [0.4, 0.5) is 0 Å². The minimum atomic E-state index is -0.491. The van der Waals surface area contributed by atoms with Crippen LogP contribution in [0.1, 0.15) is 37.8 Å². The van der Waals surface area contributed by atoms with Gasteiger partial charge in [-0.15, -0.1) is 11.8 Å². The van der Waals surface area contributed by atoms with E-state index in [9.17, 15) is 10.1 Å². The molecule has 0 aliphatic carbocycles. The summed E-state index contributed by atoms with van der Waals surface area (Å²) < 4.78 is 6.05. The monoisotopic (exact) mass is 368 g/mol. The Morgan fingerprint density at radius 1 is 1.50 bits per heavy atom. The molecule has 1 fully saturated rings. The zero-order chi connectivity index (χ0) is 18.6. The van der Waals surface area contributed by atoms with E-state index in [1.807, 2.05) is 26.0 Å². The van der Waals surface area contributed by atoms with E-state index in [4.69, 9.17) is 10.1 Å². The van der Waals surface area contributed by atoms with Gasteiger partial charge in [0, 0.05) is 22.8 Å². The molecule has 0 bridgehead atoms. The fourth-order valence-electron chi connectivity index (χ4n) is 3.82. The average Bonchev–Trinajstić information content (AvgIpc) is 3.07. The van der Waals surface area contributed by atoms with Crippen molar-refractivity contribution < 1.29 is 9.53 Å². The normalized spacial score (nSPS) is 30.3. The third-order valence-electron chi connectivity index (χ3n) is 5.41. The zero-order valence-electron chi connectivity index (χ0n) is 14.9. The lowest BCUT2D eigenvalue weighted by molar-refractivity contribution is -0.129. The van der Waals surface area contributed by atoms with Crippen LogP contribution in [0.3, 0.4) is 0 Å². The van der Waals surface area contributed by atoms with Crippen LogP contribution in [0, 0.1) is 16.7 Å². The Labute approximate surface area is 156 Å². The van der Waals surface area contributed by atoms with Gasteiger partial charge < -0.3 is 10.1 Å². The van der Waals surface area contributed by atoms with Crippen molar-refractivity contribution in [3.05, 3.63) is 34.2 Å². The van der Waals surface area contributed by atoms with Gasteiger partial charge in [-0.2, -0.15) is 5.26 Å². The van der Waals surface area contributed by atoms with Crippen molar-refractivity contribution in [2.45, 2.75) is 43.6 Å². The molecule has 3 aliphatic rings. The van der Waals surface area contributed by atoms with Gasteiger partial charge in [-0.1, -0.05) is 0 Å². The van der Waals surface area contributed by atoms with Crippen LogP contribution in [0.5, 0.6) is 5.75 Å². The Morgan fingerprint density at radius 2 is 2.27 bits per heavy atom. The number of guanidine groups is 1. The molecule has 0 saturated carbocycles. The second kappa shape index (κ2) is 5.78. The number of amides is 1. The first kappa shape index (κ1) is 17.0. The van der Waals surface area contributed by atoms with Crippen LogP contribution >= 0.6 is 11.8 Å². The summed E-state index contributed by atoms with van der Waals surface area (Å²) in [7, 11) is 1.62. The molecule has 3 heterocycles. The largest absolute Gasteiger partial charge is 0.485 e. The molecule has 7 heteroatoms. The molecule has 3 atom stereocenters. The summed E-state index contributed by atoms with van der Waals surface area (Å²) in [4.78, 5) is 14.8. The number of carbonyl (C=O) groups is 1. The number of fused-ring (bicyclic) bond motifs is 2. The molecular weight excluding hydrogens is 348 g/mol. The fourth-order valence-corrected chi connectivity index (χ4v) is 5.36. The number of ether oxygens (including phenoxy) is 1. The van der Waals surface area contributed by atoms with Gasteiger partial charge in [-0.05, 0) is 44.0 Å². The molecule has 0 aromatic heterocycles. The van der Waals surface area contributed by atoms with Gasteiger partial charge in [0.2, 0.25) is 5.91 Å². The third-order valence-corrected chi connectivity index (χ3v) is 7.21. The molecule has 134 valence electrons. The number of benzene rings is 1. The van der Waals surface area contributed by atoms with Gasteiger partial charge in [0.05, 0.1) is 23.6 Å². The number of allylic oxidation sites excluding steroid dienone is 1. The van der Waals surface area contributed by atoms with E-state index >= 15 is 0 Å². The fraction of sp³-hybridized carbons (Fsp3) is 0.421. The van der Waals surface area contributed by atoms with Crippen LogP contribution in [0.2, 0.25) is 0 Å². The van der Waals surface area contributed by atoms with Gasteiger partial charge in [-0.3, -0.25) is 15.1 Å². The van der Waals surface area contributed by atoms with Crippen molar-refractivity contribution in [2.24, 2.45) is 0 Å². The molecule has 4 rings (SSSR count). The highest BCUT2D eigenvalue weighted by Gasteiger charge is 2.47. The van der Waals surface area contributed by atoms with Crippen molar-refractivity contribution in [3.63, 3.8) is 0 Å². The Balaban J connectivity index is 1.67. The van der Waals surface area contributed by atoms with Crippen molar-refractivity contribution in [2.75, 3.05) is 7.05 Å². The van der Waals surface area contributed by atoms with Gasteiger partial charge in [-0.25, -0.2) is 0 Å². The summed E-state index contributed by atoms with van der Waals surface area (Å²) >= 11 is 1.73. The van der Waals surface area contributed by atoms with Crippen molar-refractivity contribution in [3.8, 4) is 11.8 Å². The molecule has 1 amide bonds. The average molecular weight is 368 g/mol. The summed E-state index contributed by atoms with van der Waals surface area (Å²) in [5.74, 6) is 0.908. The van der Waals surface area contributed by atoms with Gasteiger partial charge in [0.15, 0.2) is 5.96 Å². The molecule has 0 radical (unpaired) electrons. The van der Waals surface area contributed by atoms with Crippen molar-refractivity contribution >= 4 is 29.2 Å². The summed E-state index contributed by atoms with van der Waals surface area (Å²) in [5.41, 5.74) is 2.30. The number of carbonyl (C=O) groups excluding carboxylic acids is 1. The van der Waals surface area contributed by atoms with Crippen molar-refractivity contribution in [1.82, 2.24) is 10.2 Å². The lowest BCUT2D eigenvalue weighted by Crippen LogP contribution is -2.63.